The quantitative estimate of drug-likeness (QED) is 0.257. The van der Waals surface area contributed by atoms with Crippen molar-refractivity contribution in [3.8, 4) is 5.75 Å². The molecular weight excluding hydrogens is 510 g/mol. The van der Waals surface area contributed by atoms with E-state index in [4.69, 9.17) is 9.47 Å². The largest absolute Gasteiger partial charge is 0.488 e. The fourth-order valence-corrected chi connectivity index (χ4v) is 4.88. The maximum absolute atomic E-state index is 12.8. The van der Waals surface area contributed by atoms with Crippen molar-refractivity contribution >= 4 is 44.5 Å². The van der Waals surface area contributed by atoms with Crippen LogP contribution in [0.3, 0.4) is 0 Å². The fraction of sp³-hybridized carbons (Fsp3) is 0.217. The average Bonchev–Trinajstić information content (AvgIpc) is 3.25. The van der Waals surface area contributed by atoms with Crippen molar-refractivity contribution in [1.29, 1.82) is 0 Å². The zero-order valence-corrected chi connectivity index (χ0v) is 20.3. The van der Waals surface area contributed by atoms with Crippen LogP contribution in [0.1, 0.15) is 31.0 Å². The lowest BCUT2D eigenvalue weighted by Gasteiger charge is -2.33. The molecule has 10 heteroatoms. The third-order valence-corrected chi connectivity index (χ3v) is 6.52. The Morgan fingerprint density at radius 2 is 2.03 bits per heavy atom. The van der Waals surface area contributed by atoms with Crippen molar-refractivity contribution in [3.05, 3.63) is 91.1 Å². The van der Waals surface area contributed by atoms with E-state index in [1.165, 1.54) is 23.9 Å². The van der Waals surface area contributed by atoms with Crippen molar-refractivity contribution in [1.82, 2.24) is 4.90 Å². The Morgan fingerprint density at radius 1 is 1.27 bits per heavy atom. The van der Waals surface area contributed by atoms with E-state index in [-0.39, 0.29) is 30.9 Å². The molecule has 0 aliphatic carbocycles. The van der Waals surface area contributed by atoms with Gasteiger partial charge in [0.25, 0.3) is 5.69 Å². The van der Waals surface area contributed by atoms with Crippen LogP contribution in [-0.2, 0) is 16.1 Å². The highest BCUT2D eigenvalue weighted by molar-refractivity contribution is 9.10. The first-order valence-electron chi connectivity index (χ1n) is 10.1. The summed E-state index contributed by atoms with van der Waals surface area (Å²) in [5.41, 5.74) is 2.86. The third kappa shape index (κ3) is 4.81. The van der Waals surface area contributed by atoms with E-state index in [1.807, 2.05) is 41.6 Å². The zero-order valence-electron chi connectivity index (χ0n) is 17.9. The molecule has 0 bridgehead atoms. The Labute approximate surface area is 203 Å². The first-order valence-corrected chi connectivity index (χ1v) is 11.8. The van der Waals surface area contributed by atoms with E-state index < -0.39 is 4.92 Å². The fourth-order valence-electron chi connectivity index (χ4n) is 3.58. The molecule has 0 unspecified atom stereocenters. The lowest BCUT2D eigenvalue weighted by atomic mass is 9.95. The number of non-ortho nitro benzene ring substituents is 1. The number of benzene rings is 2. The summed E-state index contributed by atoms with van der Waals surface area (Å²) < 4.78 is 11.9. The van der Waals surface area contributed by atoms with Crippen LogP contribution in [0.4, 0.5) is 5.69 Å². The van der Waals surface area contributed by atoms with Crippen LogP contribution in [0.2, 0.25) is 0 Å². The molecule has 0 saturated heterocycles. The maximum atomic E-state index is 12.8. The Kier molecular flexibility index (Phi) is 6.85. The van der Waals surface area contributed by atoms with Crippen LogP contribution in [-0.4, -0.2) is 27.6 Å². The molecule has 0 fully saturated rings. The molecule has 0 N–H and O–H groups in total. The lowest BCUT2D eigenvalue weighted by Crippen LogP contribution is -2.34. The SMILES string of the molecule is CCOC(=O)C1=C(C)N=C2SC=CN2[C@@H]1c1ccc(OCc2ccc([N+](=O)[O-])cc2)c(Br)c1. The molecule has 8 nitrogen and oxygen atoms in total. The highest BCUT2D eigenvalue weighted by Crippen LogP contribution is 2.42. The molecule has 1 atom stereocenters. The molecule has 2 aliphatic rings. The number of aliphatic imine (C=N–C) groups is 1. The molecular formula is C23H20BrN3O5S. The molecule has 2 aromatic carbocycles. The number of nitro benzene ring substituents is 1. The third-order valence-electron chi connectivity index (χ3n) is 5.13. The van der Waals surface area contributed by atoms with Gasteiger partial charge >= 0.3 is 5.97 Å². The summed E-state index contributed by atoms with van der Waals surface area (Å²) >= 11 is 5.08. The van der Waals surface area contributed by atoms with E-state index in [0.717, 1.165) is 20.8 Å². The molecule has 2 aliphatic heterocycles. The predicted molar refractivity (Wildman–Crippen MR) is 130 cm³/mol. The number of carbonyl (C=O) groups excluding carboxylic acids is 1. The Bertz CT molecular complexity index is 1190. The molecule has 0 amide bonds. The Balaban J connectivity index is 1.58. The Hall–Kier alpha value is -3.11. The summed E-state index contributed by atoms with van der Waals surface area (Å²) in [6.07, 6.45) is 1.91. The summed E-state index contributed by atoms with van der Waals surface area (Å²) in [6.45, 7) is 4.14. The normalized spacial score (nSPS) is 17.0. The Morgan fingerprint density at radius 3 is 2.70 bits per heavy atom. The summed E-state index contributed by atoms with van der Waals surface area (Å²) in [5.74, 6) is 0.231. The topological polar surface area (TPSA) is 94.3 Å². The van der Waals surface area contributed by atoms with Gasteiger partial charge in [-0.1, -0.05) is 17.8 Å². The van der Waals surface area contributed by atoms with Gasteiger partial charge in [0.2, 0.25) is 0 Å². The zero-order chi connectivity index (χ0) is 23.5. The smallest absolute Gasteiger partial charge is 0.338 e. The number of fused-ring (bicyclic) bond motifs is 1. The number of hydrogen-bond donors (Lipinski definition) is 0. The first kappa shape index (κ1) is 23.1. The number of esters is 1. The van der Waals surface area contributed by atoms with E-state index >= 15 is 0 Å². The molecule has 0 aromatic heterocycles. The van der Waals surface area contributed by atoms with Crippen LogP contribution in [0.25, 0.3) is 0 Å². The number of amidine groups is 1. The van der Waals surface area contributed by atoms with Gasteiger partial charge in [0.15, 0.2) is 5.17 Å². The summed E-state index contributed by atoms with van der Waals surface area (Å²) in [4.78, 5) is 29.7. The second kappa shape index (κ2) is 9.80. The van der Waals surface area contributed by atoms with Gasteiger partial charge in [-0.25, -0.2) is 9.79 Å². The summed E-state index contributed by atoms with van der Waals surface area (Å²) in [7, 11) is 0. The molecule has 0 spiro atoms. The number of nitrogens with zero attached hydrogens (tertiary/aromatic N) is 3. The van der Waals surface area contributed by atoms with Crippen LogP contribution in [0.5, 0.6) is 5.75 Å². The van der Waals surface area contributed by atoms with Crippen LogP contribution in [0.15, 0.2) is 74.8 Å². The molecule has 0 radical (unpaired) electrons. The van der Waals surface area contributed by atoms with Crippen LogP contribution in [0, 0.1) is 10.1 Å². The van der Waals surface area contributed by atoms with E-state index in [2.05, 4.69) is 20.9 Å². The van der Waals surface area contributed by atoms with Crippen LogP contribution >= 0.6 is 27.7 Å². The van der Waals surface area contributed by atoms with Gasteiger partial charge in [-0.3, -0.25) is 10.1 Å². The minimum atomic E-state index is -0.434. The van der Waals surface area contributed by atoms with E-state index in [1.54, 1.807) is 19.1 Å². The highest BCUT2D eigenvalue weighted by Gasteiger charge is 2.37. The number of allylic oxidation sites excluding steroid dienone is 1. The first-order chi connectivity index (χ1) is 15.9. The maximum Gasteiger partial charge on any atom is 0.338 e. The summed E-state index contributed by atoms with van der Waals surface area (Å²) in [6, 6.07) is 11.5. The second-order valence-corrected chi connectivity index (χ2v) is 8.96. The molecule has 33 heavy (non-hydrogen) atoms. The monoisotopic (exact) mass is 529 g/mol. The number of rotatable bonds is 7. The number of ether oxygens (including phenoxy) is 2. The van der Waals surface area contributed by atoms with Crippen molar-refractivity contribution < 1.29 is 19.2 Å². The molecule has 0 saturated carbocycles. The van der Waals surface area contributed by atoms with Crippen molar-refractivity contribution in [2.75, 3.05) is 6.61 Å². The van der Waals surface area contributed by atoms with Gasteiger partial charge in [-0.2, -0.15) is 0 Å². The summed E-state index contributed by atoms with van der Waals surface area (Å²) in [5, 5.41) is 13.5. The van der Waals surface area contributed by atoms with Gasteiger partial charge in [0.05, 0.1) is 33.3 Å². The number of nitro groups is 1. The van der Waals surface area contributed by atoms with Gasteiger partial charge in [-0.15, -0.1) is 0 Å². The molecule has 4 rings (SSSR count). The van der Waals surface area contributed by atoms with Crippen molar-refractivity contribution in [2.24, 2.45) is 4.99 Å². The second-order valence-electron chi connectivity index (χ2n) is 7.23. The minimum Gasteiger partial charge on any atom is -0.488 e. The van der Waals surface area contributed by atoms with Gasteiger partial charge in [0, 0.05) is 18.3 Å². The van der Waals surface area contributed by atoms with E-state index in [0.29, 0.717) is 17.0 Å². The minimum absolute atomic E-state index is 0.0366. The molecule has 170 valence electrons. The number of thioether (sulfide) groups is 1. The molecule has 2 aromatic rings. The van der Waals surface area contributed by atoms with Crippen molar-refractivity contribution in [2.45, 2.75) is 26.5 Å². The number of hydrogen-bond acceptors (Lipinski definition) is 8. The highest BCUT2D eigenvalue weighted by atomic mass is 79.9. The van der Waals surface area contributed by atoms with Gasteiger partial charge in [-0.05, 0) is 70.6 Å². The molecule has 2 heterocycles. The number of carbonyl (C=O) groups is 1. The van der Waals surface area contributed by atoms with Gasteiger partial charge in [0.1, 0.15) is 12.4 Å². The van der Waals surface area contributed by atoms with Crippen molar-refractivity contribution in [3.63, 3.8) is 0 Å². The van der Waals surface area contributed by atoms with Crippen LogP contribution < -0.4 is 4.74 Å². The average molecular weight is 530 g/mol. The van der Waals surface area contributed by atoms with Gasteiger partial charge < -0.3 is 14.4 Å². The lowest BCUT2D eigenvalue weighted by molar-refractivity contribution is -0.384. The predicted octanol–water partition coefficient (Wildman–Crippen LogP) is 5.70. The standard InChI is InChI=1S/C23H20BrN3O5S/c1-3-31-22(28)20-14(2)25-23-26(10-11-33-23)21(20)16-6-9-19(18(24)12-16)32-13-15-4-7-17(8-5-15)27(29)30/h4-12,21H,3,13H2,1-2H3/t21-/m1/s1. The number of halogens is 1. The van der Waals surface area contributed by atoms with E-state index in [9.17, 15) is 14.9 Å².